The average Bonchev–Trinajstić information content (AvgIpc) is 2.36. The van der Waals surface area contributed by atoms with Gasteiger partial charge in [-0.1, -0.05) is 19.9 Å². The van der Waals surface area contributed by atoms with Crippen molar-refractivity contribution < 1.29 is 13.5 Å². The molecule has 1 N–H and O–H groups in total. The van der Waals surface area contributed by atoms with Crippen LogP contribution in [0.5, 0.6) is 0 Å². The highest BCUT2D eigenvalue weighted by Gasteiger charge is 2.23. The minimum atomic E-state index is -3.52. The first-order chi connectivity index (χ1) is 8.78. The van der Waals surface area contributed by atoms with Crippen LogP contribution >= 0.6 is 15.9 Å². The summed E-state index contributed by atoms with van der Waals surface area (Å²) in [5.74, 6) is 0.449. The van der Waals surface area contributed by atoms with Crippen LogP contribution in [-0.4, -0.2) is 31.4 Å². The van der Waals surface area contributed by atoms with Crippen LogP contribution in [0, 0.1) is 5.92 Å². The quantitative estimate of drug-likeness (QED) is 0.858. The molecule has 0 saturated heterocycles. The van der Waals surface area contributed by atoms with E-state index >= 15 is 0 Å². The van der Waals surface area contributed by atoms with Gasteiger partial charge >= 0.3 is 0 Å². The molecule has 0 aliphatic carbocycles. The van der Waals surface area contributed by atoms with Crippen LogP contribution in [0.2, 0.25) is 0 Å². The van der Waals surface area contributed by atoms with Gasteiger partial charge in [-0.05, 0) is 46.0 Å². The molecule has 0 heterocycles. The van der Waals surface area contributed by atoms with E-state index in [0.29, 0.717) is 22.5 Å². The monoisotopic (exact) mass is 349 g/mol. The van der Waals surface area contributed by atoms with Gasteiger partial charge in [0, 0.05) is 18.1 Å². The van der Waals surface area contributed by atoms with Crippen molar-refractivity contribution in [3.05, 3.63) is 28.2 Å². The zero-order valence-electron chi connectivity index (χ0n) is 11.4. The summed E-state index contributed by atoms with van der Waals surface area (Å²) in [4.78, 5) is 0.199. The third-order valence-corrected chi connectivity index (χ3v) is 5.74. The molecule has 0 fully saturated rings. The molecule has 0 radical (unpaired) electrons. The molecule has 0 unspecified atom stereocenters. The number of nitrogens with zero attached hydrogens (tertiary/aromatic N) is 1. The maximum Gasteiger partial charge on any atom is 0.243 e. The Morgan fingerprint density at radius 2 is 2.00 bits per heavy atom. The molecule has 0 amide bonds. The molecule has 19 heavy (non-hydrogen) atoms. The Morgan fingerprint density at radius 3 is 2.53 bits per heavy atom. The van der Waals surface area contributed by atoms with Gasteiger partial charge in [-0.2, -0.15) is 0 Å². The zero-order valence-corrected chi connectivity index (χ0v) is 13.8. The largest absolute Gasteiger partial charge is 0.392 e. The molecule has 0 saturated carbocycles. The molecule has 0 aromatic heterocycles. The van der Waals surface area contributed by atoms with Crippen molar-refractivity contribution in [2.24, 2.45) is 5.92 Å². The predicted molar refractivity (Wildman–Crippen MR) is 79.3 cm³/mol. The molecule has 0 aliphatic heterocycles. The first-order valence-electron chi connectivity index (χ1n) is 6.14. The second-order valence-corrected chi connectivity index (χ2v) is 7.80. The van der Waals surface area contributed by atoms with E-state index in [2.05, 4.69) is 29.8 Å². The average molecular weight is 350 g/mol. The molecule has 6 heteroatoms. The second-order valence-electron chi connectivity index (χ2n) is 4.93. The van der Waals surface area contributed by atoms with Gasteiger partial charge in [0.15, 0.2) is 0 Å². The van der Waals surface area contributed by atoms with Crippen molar-refractivity contribution in [3.63, 3.8) is 0 Å². The van der Waals surface area contributed by atoms with Gasteiger partial charge in [-0.25, -0.2) is 12.7 Å². The highest BCUT2D eigenvalue weighted by atomic mass is 79.9. The number of aliphatic hydroxyl groups is 1. The van der Waals surface area contributed by atoms with Crippen LogP contribution in [0.4, 0.5) is 0 Å². The topological polar surface area (TPSA) is 57.6 Å². The molecule has 0 spiro atoms. The summed E-state index contributed by atoms with van der Waals surface area (Å²) >= 11 is 3.26. The number of aliphatic hydroxyl groups excluding tert-OH is 1. The Bertz CT molecular complexity index is 529. The summed E-state index contributed by atoms with van der Waals surface area (Å²) < 4.78 is 26.8. The van der Waals surface area contributed by atoms with Gasteiger partial charge < -0.3 is 5.11 Å². The van der Waals surface area contributed by atoms with E-state index < -0.39 is 10.0 Å². The minimum Gasteiger partial charge on any atom is -0.392 e. The van der Waals surface area contributed by atoms with Crippen LogP contribution in [0.3, 0.4) is 0 Å². The molecular formula is C13H20BrNO3S. The number of halogens is 1. The first-order valence-corrected chi connectivity index (χ1v) is 8.38. The summed E-state index contributed by atoms with van der Waals surface area (Å²) in [6.45, 7) is 4.42. The van der Waals surface area contributed by atoms with Crippen LogP contribution in [0.1, 0.15) is 25.8 Å². The van der Waals surface area contributed by atoms with Gasteiger partial charge in [0.05, 0.1) is 11.5 Å². The van der Waals surface area contributed by atoms with Crippen molar-refractivity contribution in [2.75, 3.05) is 13.6 Å². The molecule has 1 aromatic rings. The standard InChI is InChI=1S/C13H20BrNO3S/c1-10(2)6-7-15(3)19(17,18)13-8-11(9-16)4-5-12(13)14/h4-5,8,10,16H,6-7,9H2,1-3H3. The lowest BCUT2D eigenvalue weighted by Crippen LogP contribution is -2.29. The van der Waals surface area contributed by atoms with E-state index in [0.717, 1.165) is 6.42 Å². The van der Waals surface area contributed by atoms with Crippen LogP contribution < -0.4 is 0 Å². The van der Waals surface area contributed by atoms with Crippen molar-refractivity contribution in [1.29, 1.82) is 0 Å². The zero-order chi connectivity index (χ0) is 14.6. The number of sulfonamides is 1. The Kier molecular flexibility index (Phi) is 5.98. The van der Waals surface area contributed by atoms with Gasteiger partial charge in [0.25, 0.3) is 0 Å². The van der Waals surface area contributed by atoms with Crippen molar-refractivity contribution in [1.82, 2.24) is 4.31 Å². The fraction of sp³-hybridized carbons (Fsp3) is 0.538. The lowest BCUT2D eigenvalue weighted by molar-refractivity contribution is 0.281. The SMILES string of the molecule is CC(C)CCN(C)S(=O)(=O)c1cc(CO)ccc1Br. The molecule has 108 valence electrons. The van der Waals surface area contributed by atoms with Crippen molar-refractivity contribution >= 4 is 26.0 Å². The Hall–Kier alpha value is -0.430. The lowest BCUT2D eigenvalue weighted by atomic mass is 10.1. The minimum absolute atomic E-state index is 0.175. The van der Waals surface area contributed by atoms with E-state index in [1.807, 2.05) is 0 Å². The van der Waals surface area contributed by atoms with Crippen LogP contribution in [0.25, 0.3) is 0 Å². The van der Waals surface area contributed by atoms with E-state index in [4.69, 9.17) is 5.11 Å². The van der Waals surface area contributed by atoms with Gasteiger partial charge in [0.1, 0.15) is 0 Å². The Morgan fingerprint density at radius 1 is 1.37 bits per heavy atom. The fourth-order valence-electron chi connectivity index (χ4n) is 1.57. The van der Waals surface area contributed by atoms with Crippen LogP contribution in [0.15, 0.2) is 27.6 Å². The molecule has 0 atom stereocenters. The fourth-order valence-corrected chi connectivity index (χ4v) is 3.73. The van der Waals surface area contributed by atoms with Crippen molar-refractivity contribution in [2.45, 2.75) is 31.8 Å². The highest BCUT2D eigenvalue weighted by Crippen LogP contribution is 2.26. The molecule has 1 aromatic carbocycles. The lowest BCUT2D eigenvalue weighted by Gasteiger charge is -2.19. The third-order valence-electron chi connectivity index (χ3n) is 2.89. The summed E-state index contributed by atoms with van der Waals surface area (Å²) in [6, 6.07) is 4.84. The molecule has 0 aliphatic rings. The normalized spacial score (nSPS) is 12.4. The molecule has 0 bridgehead atoms. The Balaban J connectivity index is 3.05. The first kappa shape index (κ1) is 16.6. The summed E-state index contributed by atoms with van der Waals surface area (Å²) in [7, 11) is -1.94. The number of hydrogen-bond acceptors (Lipinski definition) is 3. The molecular weight excluding hydrogens is 330 g/mol. The van der Waals surface area contributed by atoms with Gasteiger partial charge in [-0.3, -0.25) is 0 Å². The second kappa shape index (κ2) is 6.83. The predicted octanol–water partition coefficient (Wildman–Crippen LogP) is 2.61. The van der Waals surface area contributed by atoms with Crippen LogP contribution in [-0.2, 0) is 16.6 Å². The van der Waals surface area contributed by atoms with E-state index in [9.17, 15) is 8.42 Å². The van der Waals surface area contributed by atoms with E-state index in [-0.39, 0.29) is 11.5 Å². The van der Waals surface area contributed by atoms with Crippen molar-refractivity contribution in [3.8, 4) is 0 Å². The highest BCUT2D eigenvalue weighted by molar-refractivity contribution is 9.10. The van der Waals surface area contributed by atoms with Gasteiger partial charge in [-0.15, -0.1) is 0 Å². The molecule has 1 rings (SSSR count). The third kappa shape index (κ3) is 4.27. The number of rotatable bonds is 6. The van der Waals surface area contributed by atoms with E-state index in [1.165, 1.54) is 10.4 Å². The van der Waals surface area contributed by atoms with Gasteiger partial charge in [0.2, 0.25) is 10.0 Å². The summed E-state index contributed by atoms with van der Waals surface area (Å²) in [5, 5.41) is 9.11. The summed E-state index contributed by atoms with van der Waals surface area (Å²) in [6.07, 6.45) is 0.813. The maximum atomic E-state index is 12.4. The number of benzene rings is 1. The number of hydrogen-bond donors (Lipinski definition) is 1. The van der Waals surface area contributed by atoms with E-state index in [1.54, 1.807) is 19.2 Å². The summed E-state index contributed by atoms with van der Waals surface area (Å²) in [5.41, 5.74) is 0.582. The Labute approximate surface area is 123 Å². The smallest absolute Gasteiger partial charge is 0.243 e. The maximum absolute atomic E-state index is 12.4. The molecule has 4 nitrogen and oxygen atoms in total.